The first kappa shape index (κ1) is 14.6. The lowest BCUT2D eigenvalue weighted by Crippen LogP contribution is -2.57. The predicted octanol–water partition coefficient (Wildman–Crippen LogP) is -0.500. The molecular formula is C12H19N5O3. The van der Waals surface area contributed by atoms with E-state index in [9.17, 15) is 9.59 Å². The Hall–Kier alpha value is -1.80. The summed E-state index contributed by atoms with van der Waals surface area (Å²) < 4.78 is 5.13. The highest BCUT2D eigenvalue weighted by molar-refractivity contribution is 6.00. The molecule has 0 aromatic carbocycles. The second-order valence-corrected chi connectivity index (χ2v) is 5.47. The molecule has 110 valence electrons. The molecule has 1 fully saturated rings. The number of carbonyl (C=O) groups excluding carboxylic acids is 2. The Morgan fingerprint density at radius 1 is 1.50 bits per heavy atom. The van der Waals surface area contributed by atoms with Crippen LogP contribution in [0.5, 0.6) is 0 Å². The van der Waals surface area contributed by atoms with Crippen molar-refractivity contribution >= 4 is 11.8 Å². The molecule has 0 aliphatic carbocycles. The van der Waals surface area contributed by atoms with Gasteiger partial charge in [-0.2, -0.15) is 4.98 Å². The van der Waals surface area contributed by atoms with E-state index in [1.54, 1.807) is 18.7 Å². The lowest BCUT2D eigenvalue weighted by atomic mass is 10.1. The van der Waals surface area contributed by atoms with Gasteiger partial charge in [0, 0.05) is 0 Å². The van der Waals surface area contributed by atoms with Crippen LogP contribution < -0.4 is 11.1 Å². The lowest BCUT2D eigenvalue weighted by Gasteiger charge is -2.31. The predicted molar refractivity (Wildman–Crippen MR) is 69.2 cm³/mol. The molecule has 0 bridgehead atoms. The van der Waals surface area contributed by atoms with Gasteiger partial charge in [-0.1, -0.05) is 12.1 Å². The second-order valence-electron chi connectivity index (χ2n) is 5.47. The Morgan fingerprint density at radius 2 is 2.20 bits per heavy atom. The molecule has 1 atom stereocenters. The third-order valence-corrected chi connectivity index (χ3v) is 3.12. The van der Waals surface area contributed by atoms with Crippen molar-refractivity contribution in [2.24, 2.45) is 5.73 Å². The molecule has 1 aliphatic heterocycles. The average Bonchev–Trinajstić information content (AvgIpc) is 2.76. The minimum absolute atomic E-state index is 0.133. The summed E-state index contributed by atoms with van der Waals surface area (Å²) in [5.41, 5.74) is 5.19. The Kier molecular flexibility index (Phi) is 3.87. The number of piperazine rings is 1. The third kappa shape index (κ3) is 3.02. The van der Waals surface area contributed by atoms with E-state index in [-0.39, 0.29) is 30.9 Å². The maximum atomic E-state index is 11.7. The number of nitrogens with zero attached hydrogens (tertiary/aromatic N) is 3. The summed E-state index contributed by atoms with van der Waals surface area (Å²) in [6, 6.07) is -0.367. The molecule has 0 radical (unpaired) electrons. The molecule has 2 heterocycles. The molecular weight excluding hydrogens is 262 g/mol. The number of hydrogen-bond donors (Lipinski definition) is 2. The first-order valence-electron chi connectivity index (χ1n) is 6.51. The van der Waals surface area contributed by atoms with Crippen LogP contribution in [-0.4, -0.2) is 39.4 Å². The highest BCUT2D eigenvalue weighted by Gasteiger charge is 2.33. The molecule has 1 unspecified atom stereocenters. The number of nitrogens with two attached hydrogens (primary N) is 1. The van der Waals surface area contributed by atoms with E-state index in [1.165, 1.54) is 0 Å². The first-order valence-corrected chi connectivity index (χ1v) is 6.51. The Labute approximate surface area is 116 Å². The monoisotopic (exact) mass is 281 g/mol. The van der Waals surface area contributed by atoms with Crippen LogP contribution in [0.25, 0.3) is 0 Å². The molecule has 2 rings (SSSR count). The summed E-state index contributed by atoms with van der Waals surface area (Å²) in [7, 11) is 0. The van der Waals surface area contributed by atoms with Crippen LogP contribution in [0.3, 0.4) is 0 Å². The zero-order chi connectivity index (χ0) is 14.9. The van der Waals surface area contributed by atoms with Crippen molar-refractivity contribution in [1.82, 2.24) is 20.4 Å². The zero-order valence-electron chi connectivity index (χ0n) is 11.8. The van der Waals surface area contributed by atoms with Crippen LogP contribution in [0.4, 0.5) is 0 Å². The number of carbonyl (C=O) groups is 2. The van der Waals surface area contributed by atoms with E-state index in [1.807, 2.05) is 6.92 Å². The number of hydrogen-bond acceptors (Lipinski definition) is 7. The largest absolute Gasteiger partial charge is 0.338 e. The minimum atomic E-state index is -0.693. The number of aromatic nitrogens is 2. The quantitative estimate of drug-likeness (QED) is 0.715. The minimum Gasteiger partial charge on any atom is -0.338 e. The molecule has 1 saturated heterocycles. The highest BCUT2D eigenvalue weighted by Crippen LogP contribution is 2.16. The topological polar surface area (TPSA) is 114 Å². The van der Waals surface area contributed by atoms with Gasteiger partial charge in [0.05, 0.1) is 24.7 Å². The Balaban J connectivity index is 2.13. The molecule has 3 N–H and O–H groups in total. The van der Waals surface area contributed by atoms with Crippen LogP contribution in [0.2, 0.25) is 0 Å². The van der Waals surface area contributed by atoms with Gasteiger partial charge >= 0.3 is 0 Å². The van der Waals surface area contributed by atoms with Gasteiger partial charge in [-0.25, -0.2) is 0 Å². The maximum Gasteiger partial charge on any atom is 0.243 e. The van der Waals surface area contributed by atoms with Crippen molar-refractivity contribution in [3.05, 3.63) is 11.7 Å². The molecule has 1 aromatic heterocycles. The van der Waals surface area contributed by atoms with Gasteiger partial charge in [-0.3, -0.25) is 19.8 Å². The third-order valence-electron chi connectivity index (χ3n) is 3.12. The fourth-order valence-corrected chi connectivity index (χ4v) is 2.08. The fourth-order valence-electron chi connectivity index (χ4n) is 2.08. The SMILES string of the molecule is CCC1C(=O)NC(=O)CN1Cc1nc(C(C)(C)N)no1. The van der Waals surface area contributed by atoms with Crippen molar-refractivity contribution in [3.63, 3.8) is 0 Å². The van der Waals surface area contributed by atoms with Gasteiger partial charge in [0.1, 0.15) is 0 Å². The van der Waals surface area contributed by atoms with Crippen LogP contribution in [-0.2, 0) is 21.7 Å². The van der Waals surface area contributed by atoms with Crippen molar-refractivity contribution in [3.8, 4) is 0 Å². The average molecular weight is 281 g/mol. The molecule has 1 aromatic rings. The van der Waals surface area contributed by atoms with Crippen molar-refractivity contribution in [2.75, 3.05) is 6.54 Å². The second kappa shape index (κ2) is 5.29. The normalized spacial score (nSPS) is 21.1. The number of nitrogens with one attached hydrogen (secondary N) is 1. The molecule has 0 saturated carbocycles. The molecule has 8 heteroatoms. The number of rotatable bonds is 4. The van der Waals surface area contributed by atoms with E-state index in [2.05, 4.69) is 15.5 Å². The van der Waals surface area contributed by atoms with Crippen LogP contribution >= 0.6 is 0 Å². The van der Waals surface area contributed by atoms with E-state index in [0.717, 1.165) is 0 Å². The fraction of sp³-hybridized carbons (Fsp3) is 0.667. The summed E-state index contributed by atoms with van der Waals surface area (Å²) in [5.74, 6) is 0.133. The molecule has 0 spiro atoms. The Morgan fingerprint density at radius 3 is 2.75 bits per heavy atom. The van der Waals surface area contributed by atoms with E-state index >= 15 is 0 Å². The summed E-state index contributed by atoms with van der Waals surface area (Å²) in [5, 5.41) is 6.14. The van der Waals surface area contributed by atoms with Gasteiger partial charge in [0.15, 0.2) is 5.82 Å². The highest BCUT2D eigenvalue weighted by atomic mass is 16.5. The van der Waals surface area contributed by atoms with Crippen LogP contribution in [0.15, 0.2) is 4.52 Å². The van der Waals surface area contributed by atoms with E-state index in [0.29, 0.717) is 18.1 Å². The molecule has 8 nitrogen and oxygen atoms in total. The van der Waals surface area contributed by atoms with Gasteiger partial charge in [-0.15, -0.1) is 0 Å². The van der Waals surface area contributed by atoms with E-state index in [4.69, 9.17) is 10.3 Å². The first-order chi connectivity index (χ1) is 9.31. The van der Waals surface area contributed by atoms with Gasteiger partial charge in [0.25, 0.3) is 0 Å². The molecule has 1 aliphatic rings. The van der Waals surface area contributed by atoms with Crippen LogP contribution in [0.1, 0.15) is 38.9 Å². The summed E-state index contributed by atoms with van der Waals surface area (Å²) in [4.78, 5) is 29.1. The zero-order valence-corrected chi connectivity index (χ0v) is 11.8. The van der Waals surface area contributed by atoms with Crippen molar-refractivity contribution < 1.29 is 14.1 Å². The number of amides is 2. The molecule has 20 heavy (non-hydrogen) atoms. The Bertz CT molecular complexity index is 519. The van der Waals surface area contributed by atoms with Crippen molar-refractivity contribution in [2.45, 2.75) is 45.3 Å². The summed E-state index contributed by atoms with van der Waals surface area (Å²) in [6.07, 6.45) is 0.600. The lowest BCUT2D eigenvalue weighted by molar-refractivity contribution is -0.140. The molecule has 2 amide bonds. The summed E-state index contributed by atoms with van der Waals surface area (Å²) in [6.45, 7) is 5.81. The summed E-state index contributed by atoms with van der Waals surface area (Å²) >= 11 is 0. The van der Waals surface area contributed by atoms with Gasteiger partial charge in [0.2, 0.25) is 17.7 Å². The van der Waals surface area contributed by atoms with Gasteiger partial charge < -0.3 is 10.3 Å². The van der Waals surface area contributed by atoms with E-state index < -0.39 is 5.54 Å². The maximum absolute atomic E-state index is 11.7. The van der Waals surface area contributed by atoms with Crippen molar-refractivity contribution in [1.29, 1.82) is 0 Å². The smallest absolute Gasteiger partial charge is 0.243 e. The standard InChI is InChI=1S/C12H19N5O3/c1-4-7-10(19)14-8(18)5-17(7)6-9-15-11(16-20-9)12(2,3)13/h7H,4-6,13H2,1-3H3,(H,14,18,19). The number of imide groups is 1. The van der Waals surface area contributed by atoms with Crippen LogP contribution in [0, 0.1) is 0 Å². The van der Waals surface area contributed by atoms with Gasteiger partial charge in [-0.05, 0) is 20.3 Å².